The predicted octanol–water partition coefficient (Wildman–Crippen LogP) is 2.54. The summed E-state index contributed by atoms with van der Waals surface area (Å²) in [4.78, 5) is 0. The molecule has 1 N–H and O–H groups in total. The summed E-state index contributed by atoms with van der Waals surface area (Å²) in [6, 6.07) is 1.86. The number of methoxy groups -OCH3 is 3. The van der Waals surface area contributed by atoms with Crippen LogP contribution >= 0.6 is 0 Å². The molecule has 104 valence electrons. The quantitative estimate of drug-likeness (QED) is 0.607. The lowest BCUT2D eigenvalue weighted by Gasteiger charge is -2.17. The molecular formula is C15H20O4. The highest BCUT2D eigenvalue weighted by Gasteiger charge is 2.16. The Bertz CT molecular complexity index is 464. The van der Waals surface area contributed by atoms with E-state index < -0.39 is 0 Å². The van der Waals surface area contributed by atoms with Gasteiger partial charge in [-0.25, -0.2) is 0 Å². The predicted molar refractivity (Wildman–Crippen MR) is 75.4 cm³/mol. The summed E-state index contributed by atoms with van der Waals surface area (Å²) in [7, 11) is 4.73. The number of aliphatic hydroxyl groups is 1. The van der Waals surface area contributed by atoms with Crippen molar-refractivity contribution < 1.29 is 19.3 Å². The topological polar surface area (TPSA) is 47.9 Å². The van der Waals surface area contributed by atoms with Crippen LogP contribution in [0.4, 0.5) is 0 Å². The van der Waals surface area contributed by atoms with Gasteiger partial charge in [0, 0.05) is 16.7 Å². The van der Waals surface area contributed by atoms with Gasteiger partial charge in [-0.05, 0) is 18.6 Å². The van der Waals surface area contributed by atoms with Crippen molar-refractivity contribution in [1.29, 1.82) is 0 Å². The number of aliphatic hydroxyl groups excluding tert-OH is 1. The minimum absolute atomic E-state index is 0.142. The average molecular weight is 264 g/mol. The van der Waals surface area contributed by atoms with Crippen molar-refractivity contribution >= 4 is 6.08 Å². The lowest BCUT2D eigenvalue weighted by atomic mass is 9.99. The summed E-state index contributed by atoms with van der Waals surface area (Å²) >= 11 is 0. The summed E-state index contributed by atoms with van der Waals surface area (Å²) in [5.74, 6) is 1.31. The molecule has 0 radical (unpaired) electrons. The second-order valence-corrected chi connectivity index (χ2v) is 3.85. The van der Waals surface area contributed by atoms with Gasteiger partial charge in [-0.15, -0.1) is 6.58 Å². The number of ether oxygens (including phenoxy) is 3. The standard InChI is InChI=1S/C15H20O4/c1-5-6-11-9-14(18-3)13(10-16)12(7-8-17-2)15(11)19-4/h5,7-9,16H,1,6,10H2,2-4H3/b8-7+. The fourth-order valence-corrected chi connectivity index (χ4v) is 1.96. The van der Waals surface area contributed by atoms with Crippen LogP contribution in [0.5, 0.6) is 11.5 Å². The molecule has 0 unspecified atom stereocenters. The van der Waals surface area contributed by atoms with Crippen LogP contribution < -0.4 is 9.47 Å². The number of allylic oxidation sites excluding steroid dienone is 1. The van der Waals surface area contributed by atoms with Gasteiger partial charge in [0.2, 0.25) is 0 Å². The fourth-order valence-electron chi connectivity index (χ4n) is 1.96. The molecule has 1 aromatic rings. The van der Waals surface area contributed by atoms with Gasteiger partial charge < -0.3 is 19.3 Å². The Labute approximate surface area is 113 Å². The maximum atomic E-state index is 9.54. The zero-order chi connectivity index (χ0) is 14.3. The first-order valence-electron chi connectivity index (χ1n) is 5.91. The molecule has 0 saturated heterocycles. The Morgan fingerprint density at radius 3 is 2.47 bits per heavy atom. The average Bonchev–Trinajstić information content (AvgIpc) is 2.44. The molecule has 0 spiro atoms. The first-order valence-corrected chi connectivity index (χ1v) is 5.91. The first kappa shape index (κ1) is 15.1. The minimum atomic E-state index is -0.142. The van der Waals surface area contributed by atoms with Gasteiger partial charge in [0.05, 0.1) is 34.2 Å². The van der Waals surface area contributed by atoms with Crippen LogP contribution in [-0.4, -0.2) is 26.4 Å². The maximum absolute atomic E-state index is 9.54. The third-order valence-corrected chi connectivity index (χ3v) is 2.78. The zero-order valence-electron chi connectivity index (χ0n) is 11.6. The van der Waals surface area contributed by atoms with E-state index in [9.17, 15) is 5.11 Å². The molecule has 4 nitrogen and oxygen atoms in total. The number of rotatable bonds is 7. The molecule has 1 aromatic carbocycles. The zero-order valence-corrected chi connectivity index (χ0v) is 11.6. The summed E-state index contributed by atoms with van der Waals surface area (Å²) < 4.78 is 15.7. The molecule has 4 heteroatoms. The Morgan fingerprint density at radius 2 is 2.00 bits per heavy atom. The Hall–Kier alpha value is -1.94. The van der Waals surface area contributed by atoms with Crippen LogP contribution in [0, 0.1) is 0 Å². The largest absolute Gasteiger partial charge is 0.504 e. The van der Waals surface area contributed by atoms with Crippen molar-refractivity contribution in [3.05, 3.63) is 41.7 Å². The highest BCUT2D eigenvalue weighted by atomic mass is 16.5. The molecule has 0 amide bonds. The van der Waals surface area contributed by atoms with Crippen LogP contribution in [0.15, 0.2) is 25.0 Å². The van der Waals surface area contributed by atoms with E-state index >= 15 is 0 Å². The van der Waals surface area contributed by atoms with E-state index in [1.165, 1.54) is 6.26 Å². The van der Waals surface area contributed by atoms with Crippen molar-refractivity contribution in [1.82, 2.24) is 0 Å². The first-order chi connectivity index (χ1) is 9.23. The van der Waals surface area contributed by atoms with E-state index in [4.69, 9.17) is 14.2 Å². The van der Waals surface area contributed by atoms with Crippen LogP contribution in [0.25, 0.3) is 6.08 Å². The third kappa shape index (κ3) is 3.29. The van der Waals surface area contributed by atoms with Crippen LogP contribution in [-0.2, 0) is 17.8 Å². The van der Waals surface area contributed by atoms with Crippen molar-refractivity contribution in [2.75, 3.05) is 21.3 Å². The van der Waals surface area contributed by atoms with Crippen LogP contribution in [0.1, 0.15) is 16.7 Å². The minimum Gasteiger partial charge on any atom is -0.504 e. The molecular weight excluding hydrogens is 244 g/mol. The molecule has 0 aliphatic heterocycles. The van der Waals surface area contributed by atoms with Crippen molar-refractivity contribution in [3.63, 3.8) is 0 Å². The molecule has 0 heterocycles. The van der Waals surface area contributed by atoms with E-state index in [0.29, 0.717) is 23.5 Å². The number of benzene rings is 1. The molecule has 0 bridgehead atoms. The van der Waals surface area contributed by atoms with Crippen molar-refractivity contribution in [3.8, 4) is 11.5 Å². The van der Waals surface area contributed by atoms with Gasteiger partial charge in [-0.3, -0.25) is 0 Å². The smallest absolute Gasteiger partial charge is 0.130 e. The second-order valence-electron chi connectivity index (χ2n) is 3.85. The van der Waals surface area contributed by atoms with Gasteiger partial charge in [-0.2, -0.15) is 0 Å². The summed E-state index contributed by atoms with van der Waals surface area (Å²) in [5.41, 5.74) is 2.37. The molecule has 0 fully saturated rings. The number of hydrogen-bond acceptors (Lipinski definition) is 4. The summed E-state index contributed by atoms with van der Waals surface area (Å²) in [6.45, 7) is 3.59. The van der Waals surface area contributed by atoms with Gasteiger partial charge in [0.15, 0.2) is 0 Å². The lowest BCUT2D eigenvalue weighted by molar-refractivity contribution is 0.272. The SMILES string of the molecule is C=CCc1cc(OC)c(CO)c(/C=C/OC)c1OC. The maximum Gasteiger partial charge on any atom is 0.130 e. The fraction of sp³-hybridized carbons (Fsp3) is 0.333. The van der Waals surface area contributed by atoms with E-state index in [-0.39, 0.29) is 6.61 Å². The summed E-state index contributed by atoms with van der Waals surface area (Å²) in [5, 5.41) is 9.54. The molecule has 0 aliphatic carbocycles. The Kier molecular flexibility index (Phi) is 5.96. The highest BCUT2D eigenvalue weighted by Crippen LogP contribution is 2.36. The van der Waals surface area contributed by atoms with Gasteiger partial charge >= 0.3 is 0 Å². The van der Waals surface area contributed by atoms with E-state index in [0.717, 1.165) is 11.1 Å². The molecule has 0 aliphatic rings. The second kappa shape index (κ2) is 7.48. The lowest BCUT2D eigenvalue weighted by Crippen LogP contribution is -2.02. The van der Waals surface area contributed by atoms with Crippen LogP contribution in [0.3, 0.4) is 0 Å². The normalized spacial score (nSPS) is 10.5. The van der Waals surface area contributed by atoms with Gasteiger partial charge in [0.25, 0.3) is 0 Å². The molecule has 1 rings (SSSR count). The van der Waals surface area contributed by atoms with Crippen molar-refractivity contribution in [2.24, 2.45) is 0 Å². The molecule has 0 aromatic heterocycles. The molecule has 19 heavy (non-hydrogen) atoms. The van der Waals surface area contributed by atoms with E-state index in [1.807, 2.05) is 6.07 Å². The Morgan fingerprint density at radius 1 is 1.26 bits per heavy atom. The Balaban J connectivity index is 3.53. The van der Waals surface area contributed by atoms with Gasteiger partial charge in [0.1, 0.15) is 11.5 Å². The highest BCUT2D eigenvalue weighted by molar-refractivity contribution is 5.67. The van der Waals surface area contributed by atoms with Crippen LogP contribution in [0.2, 0.25) is 0 Å². The number of hydrogen-bond donors (Lipinski definition) is 1. The molecule has 0 atom stereocenters. The third-order valence-electron chi connectivity index (χ3n) is 2.78. The van der Waals surface area contributed by atoms with Crippen molar-refractivity contribution in [2.45, 2.75) is 13.0 Å². The van der Waals surface area contributed by atoms with E-state index in [2.05, 4.69) is 6.58 Å². The molecule has 0 saturated carbocycles. The monoisotopic (exact) mass is 264 g/mol. The van der Waals surface area contributed by atoms with E-state index in [1.54, 1.807) is 33.5 Å². The van der Waals surface area contributed by atoms with Gasteiger partial charge in [-0.1, -0.05) is 6.08 Å². The summed E-state index contributed by atoms with van der Waals surface area (Å²) in [6.07, 6.45) is 5.73.